The zero-order valence-electron chi connectivity index (χ0n) is 13.3. The van der Waals surface area contributed by atoms with E-state index in [0.29, 0.717) is 11.3 Å². The second-order valence-corrected chi connectivity index (χ2v) is 5.45. The van der Waals surface area contributed by atoms with Gasteiger partial charge in [-0.1, -0.05) is 12.1 Å². The summed E-state index contributed by atoms with van der Waals surface area (Å²) in [5.41, 5.74) is 2.51. The highest BCUT2D eigenvalue weighted by Gasteiger charge is 2.16. The van der Waals surface area contributed by atoms with E-state index in [9.17, 15) is 4.79 Å². The molecule has 1 unspecified atom stereocenters. The van der Waals surface area contributed by atoms with Gasteiger partial charge in [0.1, 0.15) is 24.2 Å². The van der Waals surface area contributed by atoms with Gasteiger partial charge >= 0.3 is 0 Å². The molecule has 3 rings (SSSR count). The number of amides is 1. The molecule has 3 aromatic rings. The van der Waals surface area contributed by atoms with E-state index in [1.54, 1.807) is 24.0 Å². The minimum absolute atomic E-state index is 0.109. The highest BCUT2D eigenvalue weighted by molar-refractivity contribution is 5.95. The number of hydrogen-bond donors (Lipinski definition) is 1. The number of nitrogens with zero attached hydrogens (tertiary/aromatic N) is 3. The van der Waals surface area contributed by atoms with Gasteiger partial charge in [0.05, 0.1) is 17.3 Å². The minimum atomic E-state index is -0.132. The number of aryl methyl sites for hydroxylation is 2. The summed E-state index contributed by atoms with van der Waals surface area (Å²) in [6.07, 6.45) is 3.14. The van der Waals surface area contributed by atoms with Crippen molar-refractivity contribution >= 4 is 5.91 Å². The normalized spacial score (nSPS) is 12.1. The highest BCUT2D eigenvalue weighted by atomic mass is 16.3. The monoisotopic (exact) mass is 310 g/mol. The molecule has 0 spiro atoms. The van der Waals surface area contributed by atoms with E-state index in [0.717, 1.165) is 17.0 Å². The van der Waals surface area contributed by atoms with Crippen molar-refractivity contribution in [1.82, 2.24) is 20.1 Å². The molecule has 0 aliphatic carbocycles. The fourth-order valence-corrected chi connectivity index (χ4v) is 2.47. The fourth-order valence-electron chi connectivity index (χ4n) is 2.47. The molecule has 2 aromatic heterocycles. The van der Waals surface area contributed by atoms with E-state index < -0.39 is 0 Å². The Morgan fingerprint density at radius 1 is 1.26 bits per heavy atom. The standard InChI is InChI=1S/C17H18N4O2/c1-11-8-16(13(3)23-11)17(22)20-12(2)14-4-6-15(7-5-14)21-10-18-9-19-21/h4-10,12H,1-3H3,(H,20,22). The average molecular weight is 310 g/mol. The van der Waals surface area contributed by atoms with Gasteiger partial charge in [-0.25, -0.2) is 9.67 Å². The van der Waals surface area contributed by atoms with E-state index >= 15 is 0 Å². The lowest BCUT2D eigenvalue weighted by atomic mass is 10.1. The molecule has 1 atom stereocenters. The van der Waals surface area contributed by atoms with Crippen LogP contribution in [0.15, 0.2) is 47.4 Å². The summed E-state index contributed by atoms with van der Waals surface area (Å²) in [5, 5.41) is 7.07. The van der Waals surface area contributed by atoms with Crippen molar-refractivity contribution in [2.24, 2.45) is 0 Å². The molecule has 1 aromatic carbocycles. The zero-order valence-corrected chi connectivity index (χ0v) is 13.3. The predicted molar refractivity (Wildman–Crippen MR) is 85.4 cm³/mol. The van der Waals surface area contributed by atoms with E-state index in [2.05, 4.69) is 15.4 Å². The second-order valence-electron chi connectivity index (χ2n) is 5.45. The Kier molecular flexibility index (Phi) is 3.97. The van der Waals surface area contributed by atoms with Gasteiger partial charge in [0.2, 0.25) is 0 Å². The van der Waals surface area contributed by atoms with E-state index in [4.69, 9.17) is 4.42 Å². The molecule has 0 aliphatic rings. The SMILES string of the molecule is Cc1cc(C(=O)NC(C)c2ccc(-n3cncn3)cc2)c(C)o1. The first kappa shape index (κ1) is 15.0. The van der Waals surface area contributed by atoms with Crippen LogP contribution in [0.4, 0.5) is 0 Å². The molecule has 0 aliphatic heterocycles. The average Bonchev–Trinajstić information content (AvgIpc) is 3.17. The van der Waals surface area contributed by atoms with Gasteiger partial charge < -0.3 is 9.73 Å². The topological polar surface area (TPSA) is 73.0 Å². The van der Waals surface area contributed by atoms with Crippen LogP contribution in [0.3, 0.4) is 0 Å². The molecule has 0 saturated carbocycles. The molecule has 0 bridgehead atoms. The van der Waals surface area contributed by atoms with Crippen LogP contribution in [0, 0.1) is 13.8 Å². The van der Waals surface area contributed by atoms with Gasteiger partial charge in [-0.15, -0.1) is 0 Å². The number of carbonyl (C=O) groups excluding carboxylic acids is 1. The van der Waals surface area contributed by atoms with Crippen molar-refractivity contribution in [1.29, 1.82) is 0 Å². The van der Waals surface area contributed by atoms with Crippen molar-refractivity contribution in [3.8, 4) is 5.69 Å². The summed E-state index contributed by atoms with van der Waals surface area (Å²) in [6.45, 7) is 5.57. The maximum absolute atomic E-state index is 12.3. The number of carbonyl (C=O) groups is 1. The zero-order chi connectivity index (χ0) is 16.4. The summed E-state index contributed by atoms with van der Waals surface area (Å²) in [4.78, 5) is 16.2. The highest BCUT2D eigenvalue weighted by Crippen LogP contribution is 2.18. The lowest BCUT2D eigenvalue weighted by Crippen LogP contribution is -2.26. The molecule has 1 amide bonds. The van der Waals surface area contributed by atoms with Crippen LogP contribution < -0.4 is 5.32 Å². The summed E-state index contributed by atoms with van der Waals surface area (Å²) in [7, 11) is 0. The second kappa shape index (κ2) is 6.08. The summed E-state index contributed by atoms with van der Waals surface area (Å²) < 4.78 is 7.09. The Bertz CT molecular complexity index is 804. The van der Waals surface area contributed by atoms with Gasteiger partial charge in [0.25, 0.3) is 5.91 Å². The predicted octanol–water partition coefficient (Wildman–Crippen LogP) is 2.97. The van der Waals surface area contributed by atoms with Gasteiger partial charge in [-0.05, 0) is 44.5 Å². The lowest BCUT2D eigenvalue weighted by Gasteiger charge is -2.14. The van der Waals surface area contributed by atoms with Crippen LogP contribution in [-0.2, 0) is 0 Å². The van der Waals surface area contributed by atoms with Crippen LogP contribution in [0.25, 0.3) is 5.69 Å². The van der Waals surface area contributed by atoms with Crippen LogP contribution >= 0.6 is 0 Å². The van der Waals surface area contributed by atoms with E-state index in [-0.39, 0.29) is 11.9 Å². The summed E-state index contributed by atoms with van der Waals surface area (Å²) in [6, 6.07) is 9.47. The van der Waals surface area contributed by atoms with Crippen LogP contribution in [-0.4, -0.2) is 20.7 Å². The Labute approximate surface area is 134 Å². The molecule has 6 nitrogen and oxygen atoms in total. The molecule has 0 fully saturated rings. The van der Waals surface area contributed by atoms with Crippen LogP contribution in [0.2, 0.25) is 0 Å². The molecule has 118 valence electrons. The van der Waals surface area contributed by atoms with Gasteiger partial charge in [0, 0.05) is 0 Å². The number of aromatic nitrogens is 3. The summed E-state index contributed by atoms with van der Waals surface area (Å²) >= 11 is 0. The maximum Gasteiger partial charge on any atom is 0.255 e. The largest absolute Gasteiger partial charge is 0.466 e. The third-order valence-electron chi connectivity index (χ3n) is 3.71. The molecule has 0 radical (unpaired) electrons. The molecular weight excluding hydrogens is 292 g/mol. The van der Waals surface area contributed by atoms with Crippen molar-refractivity contribution in [2.45, 2.75) is 26.8 Å². The molecular formula is C17H18N4O2. The molecule has 1 N–H and O–H groups in total. The third-order valence-corrected chi connectivity index (χ3v) is 3.71. The number of benzene rings is 1. The number of rotatable bonds is 4. The van der Waals surface area contributed by atoms with Gasteiger partial charge in [-0.2, -0.15) is 5.10 Å². The molecule has 0 saturated heterocycles. The van der Waals surface area contributed by atoms with Crippen molar-refractivity contribution in [3.63, 3.8) is 0 Å². The van der Waals surface area contributed by atoms with E-state index in [1.807, 2.05) is 38.1 Å². The Morgan fingerprint density at radius 2 is 2.00 bits per heavy atom. The quantitative estimate of drug-likeness (QED) is 0.804. The summed E-state index contributed by atoms with van der Waals surface area (Å²) in [5.74, 6) is 1.23. The van der Waals surface area contributed by atoms with Crippen LogP contribution in [0.1, 0.15) is 40.4 Å². The lowest BCUT2D eigenvalue weighted by molar-refractivity contribution is 0.0938. The first-order valence-corrected chi connectivity index (χ1v) is 7.37. The Morgan fingerprint density at radius 3 is 2.57 bits per heavy atom. The minimum Gasteiger partial charge on any atom is -0.466 e. The Hall–Kier alpha value is -2.89. The number of furan rings is 1. The van der Waals surface area contributed by atoms with Crippen molar-refractivity contribution in [2.75, 3.05) is 0 Å². The third kappa shape index (κ3) is 3.15. The number of hydrogen-bond acceptors (Lipinski definition) is 4. The van der Waals surface area contributed by atoms with Gasteiger partial charge in [-0.3, -0.25) is 4.79 Å². The smallest absolute Gasteiger partial charge is 0.255 e. The molecule has 23 heavy (non-hydrogen) atoms. The maximum atomic E-state index is 12.3. The van der Waals surface area contributed by atoms with Gasteiger partial charge in [0.15, 0.2) is 0 Å². The van der Waals surface area contributed by atoms with Crippen LogP contribution in [0.5, 0.6) is 0 Å². The first-order valence-electron chi connectivity index (χ1n) is 7.37. The molecule has 6 heteroatoms. The fraction of sp³-hybridized carbons (Fsp3) is 0.235. The van der Waals surface area contributed by atoms with Crippen molar-refractivity contribution < 1.29 is 9.21 Å². The first-order chi connectivity index (χ1) is 11.0. The van der Waals surface area contributed by atoms with E-state index in [1.165, 1.54) is 6.33 Å². The molecule has 2 heterocycles. The number of nitrogens with one attached hydrogen (secondary N) is 1. The van der Waals surface area contributed by atoms with Crippen molar-refractivity contribution in [3.05, 3.63) is 65.6 Å². The Balaban J connectivity index is 1.72.